The van der Waals surface area contributed by atoms with E-state index >= 15 is 0 Å². The number of ether oxygens (including phenoxy) is 2. The summed E-state index contributed by atoms with van der Waals surface area (Å²) in [7, 11) is 0. The van der Waals surface area contributed by atoms with Crippen molar-refractivity contribution in [3.63, 3.8) is 0 Å². The van der Waals surface area contributed by atoms with E-state index in [4.69, 9.17) is 9.47 Å². The van der Waals surface area contributed by atoms with E-state index in [0.29, 0.717) is 12.4 Å². The Morgan fingerprint density at radius 1 is 1.26 bits per heavy atom. The summed E-state index contributed by atoms with van der Waals surface area (Å²) in [5.74, 6) is -0.136. The third kappa shape index (κ3) is 4.99. The highest BCUT2D eigenvalue weighted by Gasteiger charge is 2.08. The van der Waals surface area contributed by atoms with Crippen molar-refractivity contribution in [1.82, 2.24) is 5.32 Å². The lowest BCUT2D eigenvalue weighted by Crippen LogP contribution is -2.34. The third-order valence-electron chi connectivity index (χ3n) is 2.65. The SMILES string of the molecule is CCOC(=O)CNC(=O)COc1cccc(C)c1C. The van der Waals surface area contributed by atoms with Gasteiger partial charge >= 0.3 is 5.97 Å². The summed E-state index contributed by atoms with van der Waals surface area (Å²) in [6.07, 6.45) is 0. The lowest BCUT2D eigenvalue weighted by Gasteiger charge is -2.10. The molecule has 19 heavy (non-hydrogen) atoms. The van der Waals surface area contributed by atoms with Gasteiger partial charge in [0, 0.05) is 0 Å². The predicted octanol–water partition coefficient (Wildman–Crippen LogP) is 1.36. The predicted molar refractivity (Wildman–Crippen MR) is 71.1 cm³/mol. The van der Waals surface area contributed by atoms with Gasteiger partial charge in [-0.05, 0) is 38.0 Å². The number of carbonyl (C=O) groups is 2. The first kappa shape index (κ1) is 15.0. The lowest BCUT2D eigenvalue weighted by molar-refractivity contribution is -0.143. The summed E-state index contributed by atoms with van der Waals surface area (Å²) in [5.41, 5.74) is 2.10. The maximum Gasteiger partial charge on any atom is 0.325 e. The van der Waals surface area contributed by atoms with Crippen LogP contribution < -0.4 is 10.1 Å². The van der Waals surface area contributed by atoms with Crippen LogP contribution in [0.2, 0.25) is 0 Å². The van der Waals surface area contributed by atoms with Crippen molar-refractivity contribution in [2.75, 3.05) is 19.8 Å². The quantitative estimate of drug-likeness (QED) is 0.789. The van der Waals surface area contributed by atoms with Crippen LogP contribution in [0.4, 0.5) is 0 Å². The number of hydrogen-bond acceptors (Lipinski definition) is 4. The molecule has 0 spiro atoms. The molecule has 1 rings (SSSR count). The second-order valence-corrected chi connectivity index (χ2v) is 4.07. The molecule has 0 saturated carbocycles. The summed E-state index contributed by atoms with van der Waals surface area (Å²) in [4.78, 5) is 22.5. The number of esters is 1. The summed E-state index contributed by atoms with van der Waals surface area (Å²) in [6, 6.07) is 5.65. The monoisotopic (exact) mass is 265 g/mol. The molecule has 0 saturated heterocycles. The largest absolute Gasteiger partial charge is 0.483 e. The molecule has 0 aromatic heterocycles. The standard InChI is InChI=1S/C14H19NO4/c1-4-18-14(17)8-15-13(16)9-19-12-7-5-6-10(2)11(12)3/h5-7H,4,8-9H2,1-3H3,(H,15,16). The van der Waals surface area contributed by atoms with E-state index in [1.807, 2.05) is 26.0 Å². The van der Waals surface area contributed by atoms with Crippen LogP contribution in [0.5, 0.6) is 5.75 Å². The van der Waals surface area contributed by atoms with Crippen molar-refractivity contribution in [2.45, 2.75) is 20.8 Å². The van der Waals surface area contributed by atoms with Gasteiger partial charge in [0.05, 0.1) is 6.61 Å². The fourth-order valence-corrected chi connectivity index (χ4v) is 1.46. The van der Waals surface area contributed by atoms with Gasteiger partial charge in [0.15, 0.2) is 6.61 Å². The van der Waals surface area contributed by atoms with Gasteiger partial charge in [-0.1, -0.05) is 12.1 Å². The van der Waals surface area contributed by atoms with Gasteiger partial charge < -0.3 is 14.8 Å². The van der Waals surface area contributed by atoms with Crippen molar-refractivity contribution in [3.05, 3.63) is 29.3 Å². The van der Waals surface area contributed by atoms with Gasteiger partial charge in [-0.25, -0.2) is 0 Å². The first-order valence-electron chi connectivity index (χ1n) is 6.16. The Morgan fingerprint density at radius 3 is 2.68 bits per heavy atom. The van der Waals surface area contributed by atoms with Crippen LogP contribution in [-0.2, 0) is 14.3 Å². The van der Waals surface area contributed by atoms with E-state index in [1.54, 1.807) is 13.0 Å². The van der Waals surface area contributed by atoms with Crippen LogP contribution in [0.3, 0.4) is 0 Å². The molecule has 0 fully saturated rings. The Hall–Kier alpha value is -2.04. The molecule has 1 aromatic carbocycles. The molecule has 0 radical (unpaired) electrons. The molecule has 1 N–H and O–H groups in total. The molecule has 5 nitrogen and oxygen atoms in total. The molecular weight excluding hydrogens is 246 g/mol. The van der Waals surface area contributed by atoms with E-state index in [0.717, 1.165) is 11.1 Å². The Morgan fingerprint density at radius 2 is 2.00 bits per heavy atom. The number of carbonyl (C=O) groups excluding carboxylic acids is 2. The summed E-state index contributed by atoms with van der Waals surface area (Å²) in [6.45, 7) is 5.66. The van der Waals surface area contributed by atoms with Crippen molar-refractivity contribution in [1.29, 1.82) is 0 Å². The van der Waals surface area contributed by atoms with Gasteiger partial charge in [-0.15, -0.1) is 0 Å². The average molecular weight is 265 g/mol. The lowest BCUT2D eigenvalue weighted by atomic mass is 10.1. The summed E-state index contributed by atoms with van der Waals surface area (Å²) < 4.78 is 10.1. The van der Waals surface area contributed by atoms with E-state index < -0.39 is 5.97 Å². The van der Waals surface area contributed by atoms with Gasteiger partial charge in [-0.2, -0.15) is 0 Å². The minimum Gasteiger partial charge on any atom is -0.483 e. The molecule has 0 aliphatic rings. The number of benzene rings is 1. The highest BCUT2D eigenvalue weighted by atomic mass is 16.5. The number of rotatable bonds is 6. The minimum atomic E-state index is -0.456. The molecule has 104 valence electrons. The van der Waals surface area contributed by atoms with Crippen LogP contribution in [0.25, 0.3) is 0 Å². The Bertz CT molecular complexity index is 457. The smallest absolute Gasteiger partial charge is 0.325 e. The van der Waals surface area contributed by atoms with Crippen LogP contribution in [-0.4, -0.2) is 31.6 Å². The number of nitrogens with one attached hydrogen (secondary N) is 1. The van der Waals surface area contributed by atoms with Crippen molar-refractivity contribution >= 4 is 11.9 Å². The van der Waals surface area contributed by atoms with Gasteiger partial charge in [0.2, 0.25) is 0 Å². The molecule has 0 aliphatic heterocycles. The molecule has 0 bridgehead atoms. The van der Waals surface area contributed by atoms with Crippen LogP contribution in [0, 0.1) is 13.8 Å². The highest BCUT2D eigenvalue weighted by molar-refractivity contribution is 5.82. The van der Waals surface area contributed by atoms with Gasteiger partial charge in [-0.3, -0.25) is 9.59 Å². The number of aryl methyl sites for hydroxylation is 1. The van der Waals surface area contributed by atoms with Gasteiger partial charge in [0.25, 0.3) is 5.91 Å². The van der Waals surface area contributed by atoms with Crippen LogP contribution >= 0.6 is 0 Å². The van der Waals surface area contributed by atoms with Crippen LogP contribution in [0.1, 0.15) is 18.1 Å². The van der Waals surface area contributed by atoms with Gasteiger partial charge in [0.1, 0.15) is 12.3 Å². The molecule has 0 atom stereocenters. The Kier molecular flexibility index (Phi) is 5.85. The summed E-state index contributed by atoms with van der Waals surface area (Å²) >= 11 is 0. The first-order chi connectivity index (χ1) is 9.04. The molecular formula is C14H19NO4. The van der Waals surface area contributed by atoms with E-state index in [1.165, 1.54) is 0 Å². The number of hydrogen-bond donors (Lipinski definition) is 1. The normalized spacial score (nSPS) is 9.84. The Balaban J connectivity index is 2.38. The minimum absolute atomic E-state index is 0.121. The van der Waals surface area contributed by atoms with E-state index in [9.17, 15) is 9.59 Å². The molecule has 1 amide bonds. The zero-order chi connectivity index (χ0) is 14.3. The maximum atomic E-state index is 11.5. The van der Waals surface area contributed by atoms with Crippen molar-refractivity contribution in [3.8, 4) is 5.75 Å². The topological polar surface area (TPSA) is 64.6 Å². The average Bonchev–Trinajstić information content (AvgIpc) is 2.38. The highest BCUT2D eigenvalue weighted by Crippen LogP contribution is 2.20. The second kappa shape index (κ2) is 7.41. The zero-order valence-electron chi connectivity index (χ0n) is 11.5. The summed E-state index contributed by atoms with van der Waals surface area (Å²) in [5, 5.41) is 2.43. The Labute approximate surface area is 112 Å². The fourth-order valence-electron chi connectivity index (χ4n) is 1.46. The molecule has 0 unspecified atom stereocenters. The molecule has 1 aromatic rings. The van der Waals surface area contributed by atoms with Crippen molar-refractivity contribution in [2.24, 2.45) is 0 Å². The third-order valence-corrected chi connectivity index (χ3v) is 2.65. The van der Waals surface area contributed by atoms with Crippen molar-refractivity contribution < 1.29 is 19.1 Å². The molecule has 0 aliphatic carbocycles. The van der Waals surface area contributed by atoms with E-state index in [2.05, 4.69) is 5.32 Å². The molecule has 0 heterocycles. The fraction of sp³-hybridized carbons (Fsp3) is 0.429. The first-order valence-corrected chi connectivity index (χ1v) is 6.16. The maximum absolute atomic E-state index is 11.5. The zero-order valence-corrected chi connectivity index (χ0v) is 11.5. The van der Waals surface area contributed by atoms with Crippen LogP contribution in [0.15, 0.2) is 18.2 Å². The number of amides is 1. The van der Waals surface area contributed by atoms with E-state index in [-0.39, 0.29) is 19.1 Å². The molecule has 5 heteroatoms. The second-order valence-electron chi connectivity index (χ2n) is 4.07.